The maximum atomic E-state index is 12.7. The Morgan fingerprint density at radius 2 is 2.16 bits per heavy atom. The molecule has 0 unspecified atom stereocenters. The lowest BCUT2D eigenvalue weighted by molar-refractivity contribution is 0.0657. The van der Waals surface area contributed by atoms with Crippen LogP contribution in [0, 0.1) is 0 Å². The van der Waals surface area contributed by atoms with E-state index in [0.29, 0.717) is 0 Å². The maximum absolute atomic E-state index is 12.7. The summed E-state index contributed by atoms with van der Waals surface area (Å²) < 4.78 is 2.02. The molecule has 0 spiro atoms. The van der Waals surface area contributed by atoms with Crippen LogP contribution in [-0.2, 0) is 7.05 Å². The standard InChI is InChI=1S/C15H19N3O/c1-11-9-16-7-8-18(11)15(19)13-10-17(2)14-6-4-3-5-12(13)14/h3-6,10-11,16H,7-9H2,1-2H3/t11-/m0/s1. The molecule has 4 nitrogen and oxygen atoms in total. The van der Waals surface area contributed by atoms with Gasteiger partial charge in [-0.3, -0.25) is 4.79 Å². The molecule has 0 radical (unpaired) electrons. The Morgan fingerprint density at radius 3 is 2.95 bits per heavy atom. The van der Waals surface area contributed by atoms with Crippen molar-refractivity contribution >= 4 is 16.8 Å². The summed E-state index contributed by atoms with van der Waals surface area (Å²) >= 11 is 0. The molecule has 1 aromatic carbocycles. The predicted octanol–water partition coefficient (Wildman–Crippen LogP) is 1.61. The first-order valence-electron chi connectivity index (χ1n) is 6.74. The van der Waals surface area contributed by atoms with Crippen LogP contribution in [-0.4, -0.2) is 41.1 Å². The second kappa shape index (κ2) is 4.70. The molecule has 0 saturated carbocycles. The zero-order valence-electron chi connectivity index (χ0n) is 11.4. The van der Waals surface area contributed by atoms with Gasteiger partial charge in [-0.1, -0.05) is 18.2 Å². The summed E-state index contributed by atoms with van der Waals surface area (Å²) in [5.74, 6) is 0.144. The van der Waals surface area contributed by atoms with E-state index in [1.54, 1.807) is 0 Å². The number of nitrogens with one attached hydrogen (secondary N) is 1. The van der Waals surface area contributed by atoms with E-state index in [4.69, 9.17) is 0 Å². The van der Waals surface area contributed by atoms with Crippen molar-refractivity contribution in [3.8, 4) is 0 Å². The van der Waals surface area contributed by atoms with Gasteiger partial charge in [0.05, 0.1) is 5.56 Å². The molecule has 1 saturated heterocycles. The number of amides is 1. The summed E-state index contributed by atoms with van der Waals surface area (Å²) in [6, 6.07) is 8.31. The van der Waals surface area contributed by atoms with Crippen LogP contribution in [0.4, 0.5) is 0 Å². The van der Waals surface area contributed by atoms with Crippen LogP contribution in [0.25, 0.3) is 10.9 Å². The average Bonchev–Trinajstić information content (AvgIpc) is 2.77. The van der Waals surface area contributed by atoms with Crippen LogP contribution in [0.15, 0.2) is 30.5 Å². The highest BCUT2D eigenvalue weighted by Crippen LogP contribution is 2.22. The van der Waals surface area contributed by atoms with Crippen LogP contribution in [0.5, 0.6) is 0 Å². The molecule has 1 atom stereocenters. The molecule has 1 aromatic heterocycles. The number of hydrogen-bond acceptors (Lipinski definition) is 2. The summed E-state index contributed by atoms with van der Waals surface area (Å²) in [5.41, 5.74) is 1.92. The molecule has 2 aromatic rings. The third kappa shape index (κ3) is 2.02. The molecule has 3 rings (SSSR count). The highest BCUT2D eigenvalue weighted by atomic mass is 16.2. The van der Waals surface area contributed by atoms with E-state index in [2.05, 4.69) is 12.2 Å². The third-order valence-electron chi connectivity index (χ3n) is 3.89. The molecule has 19 heavy (non-hydrogen) atoms. The molecule has 1 N–H and O–H groups in total. The van der Waals surface area contributed by atoms with E-state index < -0.39 is 0 Å². The number of nitrogens with zero attached hydrogens (tertiary/aromatic N) is 2. The number of carbonyl (C=O) groups is 1. The van der Waals surface area contributed by atoms with Gasteiger partial charge in [-0.2, -0.15) is 0 Å². The third-order valence-corrected chi connectivity index (χ3v) is 3.89. The second-order valence-corrected chi connectivity index (χ2v) is 5.22. The Bertz CT molecular complexity index is 617. The van der Waals surface area contributed by atoms with Crippen molar-refractivity contribution in [1.82, 2.24) is 14.8 Å². The molecule has 1 amide bonds. The van der Waals surface area contributed by atoms with Crippen molar-refractivity contribution in [2.75, 3.05) is 19.6 Å². The fourth-order valence-corrected chi connectivity index (χ4v) is 2.81. The van der Waals surface area contributed by atoms with E-state index in [1.807, 2.05) is 47.0 Å². The van der Waals surface area contributed by atoms with Crippen molar-refractivity contribution in [1.29, 1.82) is 0 Å². The lowest BCUT2D eigenvalue weighted by atomic mass is 10.1. The molecule has 4 heteroatoms. The van der Waals surface area contributed by atoms with Crippen LogP contribution >= 0.6 is 0 Å². The minimum Gasteiger partial charge on any atom is -0.350 e. The number of piperazine rings is 1. The number of benzene rings is 1. The second-order valence-electron chi connectivity index (χ2n) is 5.22. The quantitative estimate of drug-likeness (QED) is 0.843. The van der Waals surface area contributed by atoms with Gasteiger partial charge in [0.2, 0.25) is 0 Å². The normalized spacial score (nSPS) is 19.9. The number of aromatic nitrogens is 1. The van der Waals surface area contributed by atoms with Crippen LogP contribution in [0.1, 0.15) is 17.3 Å². The predicted molar refractivity (Wildman–Crippen MR) is 76.3 cm³/mol. The van der Waals surface area contributed by atoms with Crippen LogP contribution in [0.2, 0.25) is 0 Å². The number of carbonyl (C=O) groups excluding carboxylic acids is 1. The first-order chi connectivity index (χ1) is 9.18. The molecule has 1 aliphatic rings. The zero-order chi connectivity index (χ0) is 13.4. The molecule has 1 fully saturated rings. The van der Waals surface area contributed by atoms with E-state index in [-0.39, 0.29) is 11.9 Å². The summed E-state index contributed by atoms with van der Waals surface area (Å²) in [7, 11) is 1.99. The van der Waals surface area contributed by atoms with Gasteiger partial charge in [0.15, 0.2) is 0 Å². The molecule has 0 bridgehead atoms. The minimum atomic E-state index is 0.144. The Balaban J connectivity index is 2.02. The first-order valence-corrected chi connectivity index (χ1v) is 6.74. The van der Waals surface area contributed by atoms with Crippen molar-refractivity contribution in [2.45, 2.75) is 13.0 Å². The Morgan fingerprint density at radius 1 is 1.37 bits per heavy atom. The first kappa shape index (κ1) is 12.2. The Hall–Kier alpha value is -1.81. The van der Waals surface area contributed by atoms with Crippen molar-refractivity contribution in [3.63, 3.8) is 0 Å². The fraction of sp³-hybridized carbons (Fsp3) is 0.400. The number of rotatable bonds is 1. The van der Waals surface area contributed by atoms with E-state index in [9.17, 15) is 4.79 Å². The Labute approximate surface area is 113 Å². The minimum absolute atomic E-state index is 0.144. The maximum Gasteiger partial charge on any atom is 0.256 e. The number of fused-ring (bicyclic) bond motifs is 1. The average molecular weight is 257 g/mol. The van der Waals surface area contributed by atoms with Gasteiger partial charge in [0.25, 0.3) is 5.91 Å². The molecular formula is C15H19N3O. The van der Waals surface area contributed by atoms with Crippen molar-refractivity contribution in [2.24, 2.45) is 7.05 Å². The van der Waals surface area contributed by atoms with Crippen molar-refractivity contribution < 1.29 is 4.79 Å². The van der Waals surface area contributed by atoms with Gasteiger partial charge in [-0.25, -0.2) is 0 Å². The van der Waals surface area contributed by atoms with Gasteiger partial charge in [0.1, 0.15) is 0 Å². The molecule has 100 valence electrons. The number of hydrogen-bond donors (Lipinski definition) is 1. The lowest BCUT2D eigenvalue weighted by Crippen LogP contribution is -2.52. The van der Waals surface area contributed by atoms with Crippen molar-refractivity contribution in [3.05, 3.63) is 36.0 Å². The molecular weight excluding hydrogens is 238 g/mol. The fourth-order valence-electron chi connectivity index (χ4n) is 2.81. The monoisotopic (exact) mass is 257 g/mol. The van der Waals surface area contributed by atoms with Crippen LogP contribution < -0.4 is 5.32 Å². The summed E-state index contributed by atoms with van der Waals surface area (Å²) in [6.45, 7) is 4.62. The van der Waals surface area contributed by atoms with E-state index in [0.717, 1.165) is 36.1 Å². The SMILES string of the molecule is C[C@H]1CNCCN1C(=O)c1cn(C)c2ccccc12. The lowest BCUT2D eigenvalue weighted by Gasteiger charge is -2.33. The molecule has 1 aliphatic heterocycles. The van der Waals surface area contributed by atoms with E-state index in [1.165, 1.54) is 0 Å². The van der Waals surface area contributed by atoms with E-state index >= 15 is 0 Å². The molecule has 2 heterocycles. The summed E-state index contributed by atoms with van der Waals surface area (Å²) in [6.07, 6.45) is 1.95. The highest BCUT2D eigenvalue weighted by Gasteiger charge is 2.26. The van der Waals surface area contributed by atoms with Gasteiger partial charge in [0, 0.05) is 49.8 Å². The van der Waals surface area contributed by atoms with Gasteiger partial charge in [-0.05, 0) is 13.0 Å². The summed E-state index contributed by atoms with van der Waals surface area (Å²) in [5, 5.41) is 4.36. The molecule has 0 aliphatic carbocycles. The summed E-state index contributed by atoms with van der Waals surface area (Å²) in [4.78, 5) is 14.7. The van der Waals surface area contributed by atoms with Gasteiger partial charge < -0.3 is 14.8 Å². The zero-order valence-corrected chi connectivity index (χ0v) is 11.4. The van der Waals surface area contributed by atoms with Gasteiger partial charge in [-0.15, -0.1) is 0 Å². The largest absolute Gasteiger partial charge is 0.350 e. The Kier molecular flexibility index (Phi) is 3.03. The number of aryl methyl sites for hydroxylation is 1. The van der Waals surface area contributed by atoms with Crippen LogP contribution in [0.3, 0.4) is 0 Å². The number of para-hydroxylation sites is 1. The highest BCUT2D eigenvalue weighted by molar-refractivity contribution is 6.07. The smallest absolute Gasteiger partial charge is 0.256 e. The van der Waals surface area contributed by atoms with Gasteiger partial charge >= 0.3 is 0 Å². The topological polar surface area (TPSA) is 37.3 Å².